The van der Waals surface area contributed by atoms with Crippen LogP contribution in [-0.4, -0.2) is 37.1 Å². The summed E-state index contributed by atoms with van der Waals surface area (Å²) in [6.07, 6.45) is 1.59. The first-order chi connectivity index (χ1) is 9.52. The molecule has 2 rings (SSSR count). The van der Waals surface area contributed by atoms with Crippen molar-refractivity contribution in [2.24, 2.45) is 5.92 Å². The van der Waals surface area contributed by atoms with Crippen molar-refractivity contribution >= 4 is 17.6 Å². The summed E-state index contributed by atoms with van der Waals surface area (Å²) in [7, 11) is 1.59. The van der Waals surface area contributed by atoms with Crippen molar-refractivity contribution in [1.29, 1.82) is 0 Å². The lowest BCUT2D eigenvalue weighted by molar-refractivity contribution is -0.124. The van der Waals surface area contributed by atoms with Gasteiger partial charge < -0.3 is 15.3 Å². The standard InChI is InChI=1S/C14H17FN2O3/c1-16-13(18)10-3-2-6-17(8-10)12-5-4-9(14(19)20)7-11(12)15/h4-5,7,10H,2-3,6,8H2,1H3,(H,16,18)(H,19,20). The monoisotopic (exact) mass is 280 g/mol. The predicted molar refractivity (Wildman–Crippen MR) is 72.4 cm³/mol. The van der Waals surface area contributed by atoms with Gasteiger partial charge in [0.05, 0.1) is 17.2 Å². The number of aromatic carboxylic acids is 1. The van der Waals surface area contributed by atoms with Gasteiger partial charge in [0.1, 0.15) is 5.82 Å². The third kappa shape index (κ3) is 2.89. The van der Waals surface area contributed by atoms with Gasteiger partial charge in [-0.25, -0.2) is 9.18 Å². The van der Waals surface area contributed by atoms with Gasteiger partial charge in [0, 0.05) is 20.1 Å². The van der Waals surface area contributed by atoms with Gasteiger partial charge in [0.25, 0.3) is 0 Å². The van der Waals surface area contributed by atoms with E-state index in [9.17, 15) is 14.0 Å². The third-order valence-electron chi connectivity index (χ3n) is 3.57. The fourth-order valence-electron chi connectivity index (χ4n) is 2.51. The molecule has 108 valence electrons. The van der Waals surface area contributed by atoms with Crippen molar-refractivity contribution in [2.45, 2.75) is 12.8 Å². The molecule has 0 radical (unpaired) electrons. The van der Waals surface area contributed by atoms with Gasteiger partial charge in [-0.2, -0.15) is 0 Å². The number of nitrogens with zero attached hydrogens (tertiary/aromatic N) is 1. The smallest absolute Gasteiger partial charge is 0.335 e. The number of hydrogen-bond donors (Lipinski definition) is 2. The largest absolute Gasteiger partial charge is 0.478 e. The van der Waals surface area contributed by atoms with E-state index < -0.39 is 11.8 Å². The van der Waals surface area contributed by atoms with E-state index >= 15 is 0 Å². The summed E-state index contributed by atoms with van der Waals surface area (Å²) in [5.74, 6) is -1.93. The maximum absolute atomic E-state index is 14.0. The summed E-state index contributed by atoms with van der Waals surface area (Å²) in [6.45, 7) is 1.11. The van der Waals surface area contributed by atoms with Crippen molar-refractivity contribution < 1.29 is 19.1 Å². The van der Waals surface area contributed by atoms with Crippen LogP contribution in [0.15, 0.2) is 18.2 Å². The Morgan fingerprint density at radius 1 is 1.45 bits per heavy atom. The van der Waals surface area contributed by atoms with Crippen LogP contribution >= 0.6 is 0 Å². The predicted octanol–water partition coefficient (Wildman–Crippen LogP) is 1.49. The lowest BCUT2D eigenvalue weighted by atomic mass is 9.96. The van der Waals surface area contributed by atoms with Gasteiger partial charge in [0.2, 0.25) is 5.91 Å². The van der Waals surface area contributed by atoms with Gasteiger partial charge >= 0.3 is 5.97 Å². The molecule has 1 amide bonds. The van der Waals surface area contributed by atoms with E-state index in [4.69, 9.17) is 5.11 Å². The molecule has 1 aromatic rings. The topological polar surface area (TPSA) is 69.6 Å². The van der Waals surface area contributed by atoms with E-state index in [0.717, 1.165) is 18.9 Å². The number of carbonyl (C=O) groups is 2. The lowest BCUT2D eigenvalue weighted by Crippen LogP contribution is -2.42. The number of piperidine rings is 1. The highest BCUT2D eigenvalue weighted by atomic mass is 19.1. The molecule has 0 bridgehead atoms. The number of nitrogens with one attached hydrogen (secondary N) is 1. The average molecular weight is 280 g/mol. The van der Waals surface area contributed by atoms with Crippen molar-refractivity contribution in [3.8, 4) is 0 Å². The molecule has 6 heteroatoms. The van der Waals surface area contributed by atoms with Crippen molar-refractivity contribution in [2.75, 3.05) is 25.0 Å². The summed E-state index contributed by atoms with van der Waals surface area (Å²) >= 11 is 0. The Kier molecular flexibility index (Phi) is 4.22. The van der Waals surface area contributed by atoms with Crippen LogP contribution in [0, 0.1) is 11.7 Å². The van der Waals surface area contributed by atoms with Crippen LogP contribution in [0.2, 0.25) is 0 Å². The minimum atomic E-state index is -1.16. The summed E-state index contributed by atoms with van der Waals surface area (Å²) < 4.78 is 14.0. The Morgan fingerprint density at radius 2 is 2.20 bits per heavy atom. The van der Waals surface area contributed by atoms with E-state index in [1.165, 1.54) is 12.1 Å². The Labute approximate surface area is 116 Å². The Bertz CT molecular complexity index is 533. The zero-order valence-electron chi connectivity index (χ0n) is 11.2. The molecule has 20 heavy (non-hydrogen) atoms. The Hall–Kier alpha value is -2.11. The zero-order chi connectivity index (χ0) is 14.7. The number of carbonyl (C=O) groups excluding carboxylic acids is 1. The fourth-order valence-corrected chi connectivity index (χ4v) is 2.51. The first-order valence-electron chi connectivity index (χ1n) is 6.52. The third-order valence-corrected chi connectivity index (χ3v) is 3.57. The molecule has 0 saturated carbocycles. The number of benzene rings is 1. The molecule has 0 spiro atoms. The fraction of sp³-hybridized carbons (Fsp3) is 0.429. The maximum Gasteiger partial charge on any atom is 0.335 e. The van der Waals surface area contributed by atoms with Crippen LogP contribution in [0.1, 0.15) is 23.2 Å². The second kappa shape index (κ2) is 5.90. The molecule has 1 heterocycles. The minimum absolute atomic E-state index is 0.0442. The van der Waals surface area contributed by atoms with E-state index in [2.05, 4.69) is 5.32 Å². The molecule has 1 aromatic carbocycles. The van der Waals surface area contributed by atoms with Crippen LogP contribution in [0.4, 0.5) is 10.1 Å². The average Bonchev–Trinajstić information content (AvgIpc) is 2.46. The number of hydrogen-bond acceptors (Lipinski definition) is 3. The molecule has 5 nitrogen and oxygen atoms in total. The van der Waals surface area contributed by atoms with E-state index in [0.29, 0.717) is 18.8 Å². The molecule has 1 atom stereocenters. The summed E-state index contributed by atoms with van der Waals surface area (Å²) in [6, 6.07) is 3.86. The van der Waals surface area contributed by atoms with Gasteiger partial charge in [-0.1, -0.05) is 0 Å². The van der Waals surface area contributed by atoms with Crippen LogP contribution in [0.25, 0.3) is 0 Å². The number of amides is 1. The first kappa shape index (κ1) is 14.3. The second-order valence-electron chi connectivity index (χ2n) is 4.87. The number of halogens is 1. The maximum atomic E-state index is 14.0. The quantitative estimate of drug-likeness (QED) is 0.880. The highest BCUT2D eigenvalue weighted by Gasteiger charge is 2.26. The van der Waals surface area contributed by atoms with E-state index in [-0.39, 0.29) is 17.4 Å². The van der Waals surface area contributed by atoms with Crippen molar-refractivity contribution in [3.63, 3.8) is 0 Å². The first-order valence-corrected chi connectivity index (χ1v) is 6.52. The number of carboxylic acid groups (broad SMARTS) is 1. The van der Waals surface area contributed by atoms with Crippen molar-refractivity contribution in [1.82, 2.24) is 5.32 Å². The van der Waals surface area contributed by atoms with Gasteiger partial charge in [-0.05, 0) is 31.0 Å². The number of anilines is 1. The van der Waals surface area contributed by atoms with Crippen LogP contribution in [0.5, 0.6) is 0 Å². The van der Waals surface area contributed by atoms with Gasteiger partial charge in [0.15, 0.2) is 0 Å². The Balaban J connectivity index is 2.19. The molecular formula is C14H17FN2O3. The molecule has 1 fully saturated rings. The summed E-state index contributed by atoms with van der Waals surface area (Å²) in [5, 5.41) is 11.4. The molecule has 1 aliphatic heterocycles. The van der Waals surface area contributed by atoms with Crippen LogP contribution in [-0.2, 0) is 4.79 Å². The molecule has 1 saturated heterocycles. The molecule has 1 unspecified atom stereocenters. The molecule has 2 N–H and O–H groups in total. The number of carboxylic acids is 1. The SMILES string of the molecule is CNC(=O)C1CCCN(c2ccc(C(=O)O)cc2F)C1. The number of rotatable bonds is 3. The lowest BCUT2D eigenvalue weighted by Gasteiger charge is -2.33. The molecule has 1 aliphatic rings. The summed E-state index contributed by atoms with van der Waals surface area (Å²) in [4.78, 5) is 24.2. The molecule has 0 aliphatic carbocycles. The van der Waals surface area contributed by atoms with Gasteiger partial charge in [-0.15, -0.1) is 0 Å². The minimum Gasteiger partial charge on any atom is -0.478 e. The zero-order valence-corrected chi connectivity index (χ0v) is 11.2. The highest BCUT2D eigenvalue weighted by Crippen LogP contribution is 2.26. The van der Waals surface area contributed by atoms with Gasteiger partial charge in [-0.3, -0.25) is 4.79 Å². The summed E-state index contributed by atoms with van der Waals surface area (Å²) in [5.41, 5.74) is 0.273. The van der Waals surface area contributed by atoms with E-state index in [1.54, 1.807) is 11.9 Å². The normalized spacial score (nSPS) is 18.7. The molecule has 0 aromatic heterocycles. The highest BCUT2D eigenvalue weighted by molar-refractivity contribution is 5.88. The van der Waals surface area contributed by atoms with Crippen molar-refractivity contribution in [3.05, 3.63) is 29.6 Å². The second-order valence-corrected chi connectivity index (χ2v) is 4.87. The Morgan fingerprint density at radius 3 is 2.80 bits per heavy atom. The van der Waals surface area contributed by atoms with Crippen LogP contribution < -0.4 is 10.2 Å². The van der Waals surface area contributed by atoms with E-state index in [1.807, 2.05) is 0 Å². The molecular weight excluding hydrogens is 263 g/mol. The van der Waals surface area contributed by atoms with Crippen LogP contribution in [0.3, 0.4) is 0 Å².